The van der Waals surface area contributed by atoms with Crippen LogP contribution < -0.4 is 4.74 Å². The van der Waals surface area contributed by atoms with Crippen LogP contribution in [0.3, 0.4) is 0 Å². The van der Waals surface area contributed by atoms with Crippen molar-refractivity contribution in [3.63, 3.8) is 0 Å². The van der Waals surface area contributed by atoms with Crippen molar-refractivity contribution < 1.29 is 9.53 Å². The maximum Gasteiger partial charge on any atom is 0.163 e. The van der Waals surface area contributed by atoms with Crippen LogP contribution in [0, 0.1) is 5.92 Å². The molecule has 0 atom stereocenters. The van der Waals surface area contributed by atoms with Gasteiger partial charge in [-0.2, -0.15) is 0 Å². The molecule has 0 radical (unpaired) electrons. The lowest BCUT2D eigenvalue weighted by molar-refractivity contribution is 0.0950. The third-order valence-corrected chi connectivity index (χ3v) is 4.53. The Bertz CT molecular complexity index is 450. The zero-order chi connectivity index (χ0) is 14.4. The number of hydrogen-bond acceptors (Lipinski definition) is 2. The van der Waals surface area contributed by atoms with Crippen molar-refractivity contribution in [2.24, 2.45) is 5.92 Å². The van der Waals surface area contributed by atoms with E-state index >= 15 is 0 Å². The summed E-state index contributed by atoms with van der Waals surface area (Å²) in [5.74, 6) is 1.67. The molecule has 1 aliphatic rings. The summed E-state index contributed by atoms with van der Waals surface area (Å²) in [7, 11) is 0. The highest BCUT2D eigenvalue weighted by Crippen LogP contribution is 2.30. The summed E-state index contributed by atoms with van der Waals surface area (Å²) in [5.41, 5.74) is 0.797. The van der Waals surface area contributed by atoms with Gasteiger partial charge in [-0.3, -0.25) is 4.79 Å². The Morgan fingerprint density at radius 1 is 1.30 bits per heavy atom. The minimum Gasteiger partial charge on any atom is -0.492 e. The van der Waals surface area contributed by atoms with Crippen molar-refractivity contribution in [1.82, 2.24) is 0 Å². The third kappa shape index (κ3) is 4.34. The SMILES string of the molecule is CCCOc1ccc(C(=O)CC2CCCCC2)cc1Br. The Balaban J connectivity index is 1.97. The van der Waals surface area contributed by atoms with Crippen LogP contribution in [-0.2, 0) is 0 Å². The smallest absolute Gasteiger partial charge is 0.163 e. The molecular formula is C17H23BrO2. The Hall–Kier alpha value is -0.830. The van der Waals surface area contributed by atoms with Crippen LogP contribution in [0.4, 0.5) is 0 Å². The molecule has 3 heteroatoms. The molecule has 0 bridgehead atoms. The Morgan fingerprint density at radius 3 is 2.70 bits per heavy atom. The van der Waals surface area contributed by atoms with Crippen LogP contribution >= 0.6 is 15.9 Å². The van der Waals surface area contributed by atoms with Crippen molar-refractivity contribution in [2.45, 2.75) is 51.9 Å². The number of benzene rings is 1. The minimum absolute atomic E-state index is 0.264. The largest absolute Gasteiger partial charge is 0.492 e. The molecule has 20 heavy (non-hydrogen) atoms. The van der Waals surface area contributed by atoms with Gasteiger partial charge in [-0.1, -0.05) is 39.0 Å². The number of hydrogen-bond donors (Lipinski definition) is 0. The minimum atomic E-state index is 0.264. The van der Waals surface area contributed by atoms with E-state index in [1.165, 1.54) is 32.1 Å². The van der Waals surface area contributed by atoms with Crippen molar-refractivity contribution in [3.8, 4) is 5.75 Å². The third-order valence-electron chi connectivity index (χ3n) is 3.91. The maximum atomic E-state index is 12.3. The zero-order valence-corrected chi connectivity index (χ0v) is 13.7. The van der Waals surface area contributed by atoms with Crippen molar-refractivity contribution >= 4 is 21.7 Å². The number of carbonyl (C=O) groups excluding carboxylic acids is 1. The van der Waals surface area contributed by atoms with Crippen LogP contribution in [-0.4, -0.2) is 12.4 Å². The second-order valence-corrected chi connectivity index (χ2v) is 6.48. The van der Waals surface area contributed by atoms with E-state index in [1.807, 2.05) is 18.2 Å². The van der Waals surface area contributed by atoms with E-state index in [4.69, 9.17) is 4.74 Å². The first-order chi connectivity index (χ1) is 9.70. The predicted molar refractivity (Wildman–Crippen MR) is 85.5 cm³/mol. The van der Waals surface area contributed by atoms with E-state index < -0.39 is 0 Å². The molecule has 0 spiro atoms. The van der Waals surface area contributed by atoms with Crippen molar-refractivity contribution in [3.05, 3.63) is 28.2 Å². The van der Waals surface area contributed by atoms with Crippen molar-refractivity contribution in [2.75, 3.05) is 6.61 Å². The molecule has 0 aliphatic heterocycles. The molecule has 2 nitrogen and oxygen atoms in total. The summed E-state index contributed by atoms with van der Waals surface area (Å²) >= 11 is 3.49. The molecule has 110 valence electrons. The number of halogens is 1. The highest BCUT2D eigenvalue weighted by atomic mass is 79.9. The van der Waals surface area contributed by atoms with Gasteiger partial charge in [-0.15, -0.1) is 0 Å². The first-order valence-electron chi connectivity index (χ1n) is 7.66. The summed E-state index contributed by atoms with van der Waals surface area (Å²) in [6.45, 7) is 2.78. The molecule has 1 aromatic rings. The lowest BCUT2D eigenvalue weighted by atomic mass is 9.85. The number of Topliss-reactive ketones (excluding diaryl/α,β-unsaturated/α-hetero) is 1. The molecule has 1 aliphatic carbocycles. The highest BCUT2D eigenvalue weighted by Gasteiger charge is 2.18. The van der Waals surface area contributed by atoms with Crippen LogP contribution in [0.5, 0.6) is 5.75 Å². The van der Waals surface area contributed by atoms with Gasteiger partial charge in [0.25, 0.3) is 0 Å². The molecule has 2 rings (SSSR count). The second-order valence-electron chi connectivity index (χ2n) is 5.62. The van der Waals surface area contributed by atoms with E-state index in [0.717, 1.165) is 22.2 Å². The summed E-state index contributed by atoms with van der Waals surface area (Å²) in [6.07, 6.45) is 8.00. The highest BCUT2D eigenvalue weighted by molar-refractivity contribution is 9.10. The van der Waals surface area contributed by atoms with E-state index in [2.05, 4.69) is 22.9 Å². The molecule has 1 saturated carbocycles. The lowest BCUT2D eigenvalue weighted by Crippen LogP contribution is -2.12. The van der Waals surface area contributed by atoms with Crippen molar-refractivity contribution in [1.29, 1.82) is 0 Å². The fourth-order valence-electron chi connectivity index (χ4n) is 2.77. The van der Waals surface area contributed by atoms with Gasteiger partial charge in [-0.25, -0.2) is 0 Å². The standard InChI is InChI=1S/C17H23BrO2/c1-2-10-20-17-9-8-14(12-15(17)18)16(19)11-13-6-4-3-5-7-13/h8-9,12-13H,2-7,10-11H2,1H3. The van der Waals surface area contributed by atoms with E-state index in [0.29, 0.717) is 18.9 Å². The zero-order valence-electron chi connectivity index (χ0n) is 12.2. The fraction of sp³-hybridized carbons (Fsp3) is 0.588. The summed E-state index contributed by atoms with van der Waals surface area (Å²) < 4.78 is 6.49. The first kappa shape index (κ1) is 15.6. The van der Waals surface area contributed by atoms with Crippen LogP contribution in [0.25, 0.3) is 0 Å². The van der Waals surface area contributed by atoms with Gasteiger partial charge in [0.2, 0.25) is 0 Å². The maximum absolute atomic E-state index is 12.3. The number of ether oxygens (including phenoxy) is 1. The van der Waals surface area contributed by atoms with Gasteiger partial charge in [0, 0.05) is 12.0 Å². The molecule has 0 saturated heterocycles. The molecular weight excluding hydrogens is 316 g/mol. The molecule has 0 aromatic heterocycles. The molecule has 0 heterocycles. The normalized spacial score (nSPS) is 16.1. The molecule has 0 N–H and O–H groups in total. The topological polar surface area (TPSA) is 26.3 Å². The predicted octanol–water partition coefficient (Wildman–Crippen LogP) is 5.39. The summed E-state index contributed by atoms with van der Waals surface area (Å²) in [6, 6.07) is 5.69. The Morgan fingerprint density at radius 2 is 2.05 bits per heavy atom. The average molecular weight is 339 g/mol. The Kier molecular flexibility index (Phi) is 6.08. The van der Waals surface area contributed by atoms with Gasteiger partial charge in [0.15, 0.2) is 5.78 Å². The fourth-order valence-corrected chi connectivity index (χ4v) is 3.27. The first-order valence-corrected chi connectivity index (χ1v) is 8.45. The van der Waals surface area contributed by atoms with Gasteiger partial charge in [0.05, 0.1) is 11.1 Å². The molecule has 1 fully saturated rings. The van der Waals surface area contributed by atoms with Gasteiger partial charge < -0.3 is 4.74 Å². The molecule has 1 aromatic carbocycles. The van der Waals surface area contributed by atoms with Gasteiger partial charge in [-0.05, 0) is 46.5 Å². The second kappa shape index (κ2) is 7.82. The molecule has 0 unspecified atom stereocenters. The summed E-state index contributed by atoms with van der Waals surface area (Å²) in [5, 5.41) is 0. The molecule has 0 amide bonds. The number of ketones is 1. The van der Waals surface area contributed by atoms with Gasteiger partial charge in [0.1, 0.15) is 5.75 Å². The summed E-state index contributed by atoms with van der Waals surface area (Å²) in [4.78, 5) is 12.3. The van der Waals surface area contributed by atoms with E-state index in [9.17, 15) is 4.79 Å². The number of rotatable bonds is 6. The van der Waals surface area contributed by atoms with Crippen LogP contribution in [0.1, 0.15) is 62.2 Å². The van der Waals surface area contributed by atoms with Crippen LogP contribution in [0.2, 0.25) is 0 Å². The van der Waals surface area contributed by atoms with Crippen LogP contribution in [0.15, 0.2) is 22.7 Å². The Labute approximate surface area is 130 Å². The van der Waals surface area contributed by atoms with Gasteiger partial charge >= 0.3 is 0 Å². The quantitative estimate of drug-likeness (QED) is 0.650. The monoisotopic (exact) mass is 338 g/mol. The lowest BCUT2D eigenvalue weighted by Gasteiger charge is -2.20. The van der Waals surface area contributed by atoms with E-state index in [-0.39, 0.29) is 5.78 Å². The van der Waals surface area contributed by atoms with E-state index in [1.54, 1.807) is 0 Å². The number of carbonyl (C=O) groups is 1. The average Bonchev–Trinajstić information content (AvgIpc) is 2.47.